The van der Waals surface area contributed by atoms with Crippen molar-refractivity contribution in [2.24, 2.45) is 0 Å². The molecule has 2 rings (SSSR count). The van der Waals surface area contributed by atoms with E-state index in [1.807, 2.05) is 52.0 Å². The lowest BCUT2D eigenvalue weighted by molar-refractivity contribution is -0.137. The zero-order valence-corrected chi connectivity index (χ0v) is 16.2. The smallest absolute Gasteiger partial charge is 0.305 e. The van der Waals surface area contributed by atoms with Crippen molar-refractivity contribution in [2.75, 3.05) is 6.54 Å². The Kier molecular flexibility index (Phi) is 6.24. The van der Waals surface area contributed by atoms with Crippen LogP contribution in [0.4, 0.5) is 0 Å². The Morgan fingerprint density at radius 1 is 1.12 bits per heavy atom. The van der Waals surface area contributed by atoms with Crippen molar-refractivity contribution in [3.8, 4) is 0 Å². The number of hydrogen-bond acceptors (Lipinski definition) is 2. The van der Waals surface area contributed by atoms with Gasteiger partial charge >= 0.3 is 5.97 Å². The maximum atomic E-state index is 13.1. The average Bonchev–Trinajstić information content (AvgIpc) is 2.89. The molecule has 0 radical (unpaired) electrons. The fourth-order valence-electron chi connectivity index (χ4n) is 3.44. The molecule has 140 valence electrons. The van der Waals surface area contributed by atoms with E-state index in [0.29, 0.717) is 5.56 Å². The predicted molar refractivity (Wildman–Crippen MR) is 103 cm³/mol. The van der Waals surface area contributed by atoms with Gasteiger partial charge in [0.2, 0.25) is 0 Å². The molecule has 0 aliphatic rings. The highest BCUT2D eigenvalue weighted by Gasteiger charge is 2.25. The van der Waals surface area contributed by atoms with Crippen molar-refractivity contribution in [2.45, 2.75) is 53.1 Å². The molecule has 0 saturated carbocycles. The fourth-order valence-corrected chi connectivity index (χ4v) is 3.44. The lowest BCUT2D eigenvalue weighted by Crippen LogP contribution is -2.38. The molecule has 0 spiro atoms. The first-order valence-electron chi connectivity index (χ1n) is 9.00. The summed E-state index contributed by atoms with van der Waals surface area (Å²) in [6.45, 7) is 10.1. The highest BCUT2D eigenvalue weighted by molar-refractivity contribution is 5.96. The summed E-state index contributed by atoms with van der Waals surface area (Å²) in [6.07, 6.45) is -0.0525. The summed E-state index contributed by atoms with van der Waals surface area (Å²) in [5, 5.41) is 8.96. The molecule has 0 bridgehead atoms. The highest BCUT2D eigenvalue weighted by atomic mass is 16.4. The number of aromatic nitrogens is 1. The predicted octanol–water partition coefficient (Wildman–Crippen LogP) is 4.04. The molecular formula is C21H28N2O3. The second kappa shape index (κ2) is 8.21. The molecule has 1 heterocycles. The van der Waals surface area contributed by atoms with Crippen LogP contribution in [-0.2, 0) is 4.79 Å². The van der Waals surface area contributed by atoms with Crippen molar-refractivity contribution in [3.63, 3.8) is 0 Å². The van der Waals surface area contributed by atoms with Gasteiger partial charge in [0, 0.05) is 24.0 Å². The van der Waals surface area contributed by atoms with E-state index in [2.05, 4.69) is 23.6 Å². The Morgan fingerprint density at radius 2 is 1.73 bits per heavy atom. The summed E-state index contributed by atoms with van der Waals surface area (Å²) < 4.78 is 2.16. The summed E-state index contributed by atoms with van der Waals surface area (Å²) in [6, 6.07) is 12.1. The molecule has 5 heteroatoms. The molecular weight excluding hydrogens is 328 g/mol. The van der Waals surface area contributed by atoms with Gasteiger partial charge in [-0.15, -0.1) is 0 Å². The summed E-state index contributed by atoms with van der Waals surface area (Å²) in [5.74, 6) is -1.01. The maximum Gasteiger partial charge on any atom is 0.305 e. The van der Waals surface area contributed by atoms with Crippen LogP contribution >= 0.6 is 0 Å². The van der Waals surface area contributed by atoms with Crippen molar-refractivity contribution >= 4 is 11.9 Å². The van der Waals surface area contributed by atoms with Crippen LogP contribution in [0.5, 0.6) is 0 Å². The van der Waals surface area contributed by atoms with Crippen LogP contribution < -0.4 is 0 Å². The molecule has 1 aromatic carbocycles. The minimum Gasteiger partial charge on any atom is -0.481 e. The van der Waals surface area contributed by atoms with Gasteiger partial charge in [0.15, 0.2) is 0 Å². The van der Waals surface area contributed by atoms with Crippen LogP contribution in [0, 0.1) is 13.8 Å². The van der Waals surface area contributed by atoms with Gasteiger partial charge in [-0.2, -0.15) is 0 Å². The van der Waals surface area contributed by atoms with Crippen LogP contribution in [0.25, 0.3) is 0 Å². The highest BCUT2D eigenvalue weighted by Crippen LogP contribution is 2.26. The molecule has 1 unspecified atom stereocenters. The first kappa shape index (κ1) is 19.8. The third-order valence-corrected chi connectivity index (χ3v) is 4.83. The fraction of sp³-hybridized carbons (Fsp3) is 0.429. The van der Waals surface area contributed by atoms with Crippen LogP contribution in [0.3, 0.4) is 0 Å². The largest absolute Gasteiger partial charge is 0.481 e. The van der Waals surface area contributed by atoms with Crippen molar-refractivity contribution < 1.29 is 14.7 Å². The molecule has 1 N–H and O–H groups in total. The van der Waals surface area contributed by atoms with Crippen LogP contribution in [0.15, 0.2) is 36.4 Å². The summed E-state index contributed by atoms with van der Waals surface area (Å²) >= 11 is 0. The normalized spacial score (nSPS) is 12.2. The minimum atomic E-state index is -0.897. The number of carboxylic acid groups (broad SMARTS) is 1. The lowest BCUT2D eigenvalue weighted by Gasteiger charge is -2.26. The van der Waals surface area contributed by atoms with E-state index in [9.17, 15) is 9.59 Å². The molecule has 5 nitrogen and oxygen atoms in total. The number of carbonyl (C=O) groups excluding carboxylic acids is 1. The number of aliphatic carboxylic acids is 1. The van der Waals surface area contributed by atoms with Crippen LogP contribution in [-0.4, -0.2) is 39.0 Å². The van der Waals surface area contributed by atoms with E-state index < -0.39 is 5.97 Å². The summed E-state index contributed by atoms with van der Waals surface area (Å²) in [7, 11) is 0. The third-order valence-electron chi connectivity index (χ3n) is 4.83. The van der Waals surface area contributed by atoms with E-state index >= 15 is 0 Å². The second-order valence-corrected chi connectivity index (χ2v) is 6.98. The standard InChI is InChI=1S/C21H28N2O3/c1-14(2)22(12-11-20(24)25)21(26)19-13-15(3)23(17(19)5)16(4)18-9-7-6-8-10-18/h6-10,13-14,16H,11-12H2,1-5H3,(H,24,25). The number of carboxylic acids is 1. The van der Waals surface area contributed by atoms with Gasteiger partial charge in [0.05, 0.1) is 18.0 Å². The Hall–Kier alpha value is -2.56. The second-order valence-electron chi connectivity index (χ2n) is 6.98. The van der Waals surface area contributed by atoms with Gasteiger partial charge in [-0.25, -0.2) is 0 Å². The van der Waals surface area contributed by atoms with Gasteiger partial charge in [-0.05, 0) is 46.2 Å². The van der Waals surface area contributed by atoms with Gasteiger partial charge in [0.1, 0.15) is 0 Å². The monoisotopic (exact) mass is 356 g/mol. The van der Waals surface area contributed by atoms with Crippen molar-refractivity contribution in [3.05, 3.63) is 58.9 Å². The zero-order valence-electron chi connectivity index (χ0n) is 16.2. The van der Waals surface area contributed by atoms with E-state index in [1.165, 1.54) is 5.56 Å². The number of hydrogen-bond donors (Lipinski definition) is 1. The third kappa shape index (κ3) is 4.15. The summed E-state index contributed by atoms with van der Waals surface area (Å²) in [4.78, 5) is 25.6. The first-order chi connectivity index (χ1) is 12.2. The Bertz CT molecular complexity index is 778. The molecule has 1 aromatic heterocycles. The van der Waals surface area contributed by atoms with Crippen molar-refractivity contribution in [1.29, 1.82) is 0 Å². The van der Waals surface area contributed by atoms with Gasteiger partial charge in [-0.3, -0.25) is 9.59 Å². The number of rotatable bonds is 7. The van der Waals surface area contributed by atoms with Crippen molar-refractivity contribution in [1.82, 2.24) is 9.47 Å². The average molecular weight is 356 g/mol. The van der Waals surface area contributed by atoms with Gasteiger partial charge < -0.3 is 14.6 Å². The number of aryl methyl sites for hydroxylation is 1. The van der Waals surface area contributed by atoms with E-state index in [1.54, 1.807) is 4.90 Å². The Labute approximate surface area is 155 Å². The topological polar surface area (TPSA) is 62.5 Å². The molecule has 0 fully saturated rings. The zero-order chi connectivity index (χ0) is 19.4. The maximum absolute atomic E-state index is 13.1. The van der Waals surface area contributed by atoms with E-state index in [-0.39, 0.29) is 31.0 Å². The molecule has 1 amide bonds. The molecule has 0 saturated heterocycles. The molecule has 0 aliphatic heterocycles. The molecule has 2 aromatic rings. The quantitative estimate of drug-likeness (QED) is 0.814. The molecule has 26 heavy (non-hydrogen) atoms. The number of amides is 1. The van der Waals surface area contributed by atoms with Gasteiger partial charge in [-0.1, -0.05) is 30.3 Å². The SMILES string of the molecule is Cc1cc(C(=O)N(CCC(=O)O)C(C)C)c(C)n1C(C)c1ccccc1. The summed E-state index contributed by atoms with van der Waals surface area (Å²) in [5.41, 5.74) is 3.75. The van der Waals surface area contributed by atoms with Crippen LogP contribution in [0.1, 0.15) is 60.5 Å². The number of benzene rings is 1. The Balaban J connectivity index is 2.36. The van der Waals surface area contributed by atoms with E-state index in [0.717, 1.165) is 11.4 Å². The molecule has 1 atom stereocenters. The minimum absolute atomic E-state index is 0.0525. The Morgan fingerprint density at radius 3 is 2.27 bits per heavy atom. The number of nitrogens with zero attached hydrogens (tertiary/aromatic N) is 2. The van der Waals surface area contributed by atoms with E-state index in [4.69, 9.17) is 5.11 Å². The first-order valence-corrected chi connectivity index (χ1v) is 9.00. The van der Waals surface area contributed by atoms with Crippen LogP contribution in [0.2, 0.25) is 0 Å². The van der Waals surface area contributed by atoms with Gasteiger partial charge in [0.25, 0.3) is 5.91 Å². The lowest BCUT2D eigenvalue weighted by atomic mass is 10.1. The molecule has 0 aliphatic carbocycles. The number of carbonyl (C=O) groups is 2.